The van der Waals surface area contributed by atoms with Gasteiger partial charge >= 0.3 is 0 Å². The molecule has 0 bridgehead atoms. The Balaban J connectivity index is 1.93. The van der Waals surface area contributed by atoms with E-state index in [1.54, 1.807) is 0 Å². The van der Waals surface area contributed by atoms with Gasteiger partial charge in [0.25, 0.3) is 5.91 Å². The number of anilines is 1. The first-order valence-corrected chi connectivity index (χ1v) is 8.42. The molecule has 2 unspecified atom stereocenters. The summed E-state index contributed by atoms with van der Waals surface area (Å²) in [5, 5.41) is 15.0. The number of carbonyl (C=O) groups is 2. The zero-order valence-electron chi connectivity index (χ0n) is 14.1. The van der Waals surface area contributed by atoms with E-state index in [9.17, 15) is 19.1 Å². The Morgan fingerprint density at radius 1 is 1.33 bits per heavy atom. The molecule has 24 heavy (non-hydrogen) atoms. The van der Waals surface area contributed by atoms with E-state index in [4.69, 9.17) is 0 Å². The second-order valence-corrected chi connectivity index (χ2v) is 6.81. The summed E-state index contributed by atoms with van der Waals surface area (Å²) in [6.07, 6.45) is 2.55. The zero-order chi connectivity index (χ0) is 17.7. The van der Waals surface area contributed by atoms with Gasteiger partial charge in [0.05, 0.1) is 11.8 Å². The van der Waals surface area contributed by atoms with Gasteiger partial charge in [-0.25, -0.2) is 4.39 Å². The highest BCUT2D eigenvalue weighted by Gasteiger charge is 2.25. The fraction of sp³-hybridized carbons (Fsp3) is 0.556. The van der Waals surface area contributed by atoms with Gasteiger partial charge in [0, 0.05) is 24.4 Å². The van der Waals surface area contributed by atoms with Crippen molar-refractivity contribution in [1.82, 2.24) is 5.32 Å². The standard InChI is InChI=1S/C18H25FN2O3/c1-11(2)8-17(23)21-15-7-6-12(9-14(15)19)18(24)20-10-13-4-3-5-16(13)22/h6-7,9,11,13,16,22H,3-5,8,10H2,1-2H3,(H,20,24)(H,21,23). The van der Waals surface area contributed by atoms with Crippen LogP contribution in [0.15, 0.2) is 18.2 Å². The minimum absolute atomic E-state index is 0.0633. The van der Waals surface area contributed by atoms with Crippen molar-refractivity contribution in [1.29, 1.82) is 0 Å². The number of hydrogen-bond donors (Lipinski definition) is 3. The number of nitrogens with one attached hydrogen (secondary N) is 2. The predicted octanol–water partition coefficient (Wildman–Crippen LogP) is 2.70. The molecule has 1 fully saturated rings. The van der Waals surface area contributed by atoms with Crippen molar-refractivity contribution in [2.24, 2.45) is 11.8 Å². The summed E-state index contributed by atoms with van der Waals surface area (Å²) < 4.78 is 14.1. The van der Waals surface area contributed by atoms with Crippen LogP contribution in [0.3, 0.4) is 0 Å². The largest absolute Gasteiger partial charge is 0.393 e. The van der Waals surface area contributed by atoms with Crippen molar-refractivity contribution >= 4 is 17.5 Å². The maximum Gasteiger partial charge on any atom is 0.251 e. The Kier molecular flexibility index (Phi) is 6.31. The highest BCUT2D eigenvalue weighted by atomic mass is 19.1. The van der Waals surface area contributed by atoms with E-state index in [1.165, 1.54) is 12.1 Å². The van der Waals surface area contributed by atoms with Crippen LogP contribution in [0.5, 0.6) is 0 Å². The third kappa shape index (κ3) is 5.03. The third-order valence-electron chi connectivity index (χ3n) is 4.24. The van der Waals surface area contributed by atoms with Crippen molar-refractivity contribution in [2.75, 3.05) is 11.9 Å². The van der Waals surface area contributed by atoms with E-state index >= 15 is 0 Å². The molecule has 0 spiro atoms. The fourth-order valence-corrected chi connectivity index (χ4v) is 2.91. The molecule has 3 N–H and O–H groups in total. The first-order valence-electron chi connectivity index (χ1n) is 8.42. The summed E-state index contributed by atoms with van der Waals surface area (Å²) in [6, 6.07) is 3.99. The van der Waals surface area contributed by atoms with Crippen LogP contribution in [0, 0.1) is 17.7 Å². The van der Waals surface area contributed by atoms with Gasteiger partial charge in [0.15, 0.2) is 0 Å². The van der Waals surface area contributed by atoms with Crippen LogP contribution in [0.25, 0.3) is 0 Å². The second kappa shape index (κ2) is 8.24. The quantitative estimate of drug-likeness (QED) is 0.747. The predicted molar refractivity (Wildman–Crippen MR) is 90.2 cm³/mol. The lowest BCUT2D eigenvalue weighted by Gasteiger charge is -2.15. The third-order valence-corrected chi connectivity index (χ3v) is 4.24. The van der Waals surface area contributed by atoms with E-state index in [2.05, 4.69) is 10.6 Å². The summed E-state index contributed by atoms with van der Waals surface area (Å²) >= 11 is 0. The number of halogens is 1. The summed E-state index contributed by atoms with van der Waals surface area (Å²) in [4.78, 5) is 23.8. The van der Waals surface area contributed by atoms with Crippen LogP contribution in [0.2, 0.25) is 0 Å². The molecule has 0 aromatic heterocycles. The van der Waals surface area contributed by atoms with Crippen LogP contribution in [0.4, 0.5) is 10.1 Å². The van der Waals surface area contributed by atoms with Gasteiger partial charge in [0.2, 0.25) is 5.91 Å². The number of carbonyl (C=O) groups excluding carboxylic acids is 2. The minimum Gasteiger partial charge on any atom is -0.393 e. The van der Waals surface area contributed by atoms with Gasteiger partial charge in [0.1, 0.15) is 5.82 Å². The molecule has 2 amide bonds. The number of aliphatic hydroxyl groups is 1. The number of benzene rings is 1. The summed E-state index contributed by atoms with van der Waals surface area (Å²) in [6.45, 7) is 4.20. The smallest absolute Gasteiger partial charge is 0.251 e. The maximum absolute atomic E-state index is 14.1. The van der Waals surface area contributed by atoms with Gasteiger partial charge in [-0.15, -0.1) is 0 Å². The molecule has 1 saturated carbocycles. The molecule has 5 nitrogen and oxygen atoms in total. The molecule has 2 atom stereocenters. The maximum atomic E-state index is 14.1. The van der Waals surface area contributed by atoms with Crippen LogP contribution in [0.1, 0.15) is 49.9 Å². The molecule has 0 aliphatic heterocycles. The van der Waals surface area contributed by atoms with Crippen molar-refractivity contribution < 1.29 is 19.1 Å². The van der Waals surface area contributed by atoms with Crippen LogP contribution < -0.4 is 10.6 Å². The Labute approximate surface area is 141 Å². The van der Waals surface area contributed by atoms with Crippen molar-refractivity contribution in [3.63, 3.8) is 0 Å². The van der Waals surface area contributed by atoms with Gasteiger partial charge in [-0.05, 0) is 37.0 Å². The lowest BCUT2D eigenvalue weighted by molar-refractivity contribution is -0.116. The van der Waals surface area contributed by atoms with E-state index in [0.29, 0.717) is 13.0 Å². The van der Waals surface area contributed by atoms with Crippen LogP contribution >= 0.6 is 0 Å². The highest BCUT2D eigenvalue weighted by molar-refractivity contribution is 5.96. The monoisotopic (exact) mass is 336 g/mol. The number of hydrogen-bond acceptors (Lipinski definition) is 3. The van der Waals surface area contributed by atoms with E-state index in [0.717, 1.165) is 25.3 Å². The molecule has 2 rings (SSSR count). The average molecular weight is 336 g/mol. The van der Waals surface area contributed by atoms with Gasteiger partial charge in [-0.3, -0.25) is 9.59 Å². The van der Waals surface area contributed by atoms with Gasteiger partial charge < -0.3 is 15.7 Å². The molecular formula is C18H25FN2O3. The number of aliphatic hydroxyl groups excluding tert-OH is 1. The summed E-state index contributed by atoms with van der Waals surface area (Å²) in [5.41, 5.74) is 0.269. The summed E-state index contributed by atoms with van der Waals surface area (Å²) in [7, 11) is 0. The van der Waals surface area contributed by atoms with Gasteiger partial charge in [-0.2, -0.15) is 0 Å². The Morgan fingerprint density at radius 2 is 2.08 bits per heavy atom. The molecule has 6 heteroatoms. The van der Waals surface area contributed by atoms with Crippen LogP contribution in [-0.2, 0) is 4.79 Å². The first-order chi connectivity index (χ1) is 11.4. The normalized spacial score (nSPS) is 20.2. The molecule has 1 aromatic carbocycles. The molecule has 1 aromatic rings. The fourth-order valence-electron chi connectivity index (χ4n) is 2.91. The van der Waals surface area contributed by atoms with Crippen LogP contribution in [-0.4, -0.2) is 29.6 Å². The highest BCUT2D eigenvalue weighted by Crippen LogP contribution is 2.24. The molecule has 1 aliphatic rings. The SMILES string of the molecule is CC(C)CC(=O)Nc1ccc(C(=O)NCC2CCCC2O)cc1F. The molecule has 132 valence electrons. The van der Waals surface area contributed by atoms with E-state index in [-0.39, 0.29) is 41.0 Å². The Bertz CT molecular complexity index is 604. The molecule has 1 aliphatic carbocycles. The lowest BCUT2D eigenvalue weighted by atomic mass is 10.1. The van der Waals surface area contributed by atoms with E-state index < -0.39 is 5.82 Å². The Hall–Kier alpha value is -1.95. The van der Waals surface area contributed by atoms with E-state index in [1.807, 2.05) is 13.8 Å². The second-order valence-electron chi connectivity index (χ2n) is 6.81. The van der Waals surface area contributed by atoms with Gasteiger partial charge in [-0.1, -0.05) is 20.3 Å². The topological polar surface area (TPSA) is 78.4 Å². The molecule has 0 saturated heterocycles. The first kappa shape index (κ1) is 18.4. The number of amides is 2. The summed E-state index contributed by atoms with van der Waals surface area (Å²) in [5.74, 6) is -1.03. The average Bonchev–Trinajstić information content (AvgIpc) is 2.91. The molecule has 0 heterocycles. The van der Waals surface area contributed by atoms with Crippen molar-refractivity contribution in [3.8, 4) is 0 Å². The zero-order valence-corrected chi connectivity index (χ0v) is 14.1. The van der Waals surface area contributed by atoms with Crippen molar-refractivity contribution in [2.45, 2.75) is 45.6 Å². The minimum atomic E-state index is -0.638. The lowest BCUT2D eigenvalue weighted by Crippen LogP contribution is -2.32. The molecule has 0 radical (unpaired) electrons. The number of rotatable bonds is 6. The van der Waals surface area contributed by atoms with Crippen molar-refractivity contribution in [3.05, 3.63) is 29.6 Å². The Morgan fingerprint density at radius 3 is 2.67 bits per heavy atom. The molecular weight excluding hydrogens is 311 g/mol.